The minimum absolute atomic E-state index is 0.0793. The molecule has 8 heteroatoms. The molecule has 160 valence electrons. The highest BCUT2D eigenvalue weighted by atomic mass is 19.3. The van der Waals surface area contributed by atoms with Gasteiger partial charge in [0, 0.05) is 17.2 Å². The van der Waals surface area contributed by atoms with Gasteiger partial charge in [-0.2, -0.15) is 8.78 Å². The Labute approximate surface area is 173 Å². The van der Waals surface area contributed by atoms with Crippen LogP contribution < -0.4 is 14.2 Å². The average Bonchev–Trinajstić information content (AvgIpc) is 2.71. The number of benzene rings is 2. The van der Waals surface area contributed by atoms with Crippen molar-refractivity contribution in [1.82, 2.24) is 0 Å². The van der Waals surface area contributed by atoms with E-state index in [0.29, 0.717) is 29.0 Å². The van der Waals surface area contributed by atoms with Crippen LogP contribution in [0.5, 0.6) is 17.2 Å². The molecule has 30 heavy (non-hydrogen) atoms. The molecule has 0 spiro atoms. The molecule has 0 saturated carbocycles. The molecule has 0 N–H and O–H groups in total. The molecular formula is C22H22F2O6. The van der Waals surface area contributed by atoms with Gasteiger partial charge >= 0.3 is 12.6 Å². The summed E-state index contributed by atoms with van der Waals surface area (Å²) in [5, 5.41) is 0. The third-order valence-corrected chi connectivity index (χ3v) is 3.95. The molecule has 0 saturated heterocycles. The molecule has 0 bridgehead atoms. The Bertz CT molecular complexity index is 924. The first-order chi connectivity index (χ1) is 14.3. The van der Waals surface area contributed by atoms with Crippen LogP contribution in [0.4, 0.5) is 8.78 Å². The minimum atomic E-state index is -2.97. The summed E-state index contributed by atoms with van der Waals surface area (Å²) in [6.45, 7) is 0.638. The van der Waals surface area contributed by atoms with E-state index in [4.69, 9.17) is 14.2 Å². The Morgan fingerprint density at radius 1 is 1.07 bits per heavy atom. The number of methoxy groups -OCH3 is 1. The normalized spacial score (nSPS) is 10.9. The van der Waals surface area contributed by atoms with Gasteiger partial charge in [0.2, 0.25) is 0 Å². The van der Waals surface area contributed by atoms with Crippen molar-refractivity contribution in [2.75, 3.05) is 13.7 Å². The van der Waals surface area contributed by atoms with E-state index in [-0.39, 0.29) is 23.9 Å². The Kier molecular flexibility index (Phi) is 8.34. The highest BCUT2D eigenvalue weighted by Crippen LogP contribution is 2.30. The fourth-order valence-electron chi connectivity index (χ4n) is 2.55. The molecule has 2 aromatic rings. The lowest BCUT2D eigenvalue weighted by Gasteiger charge is -2.11. The van der Waals surface area contributed by atoms with Crippen molar-refractivity contribution in [3.05, 3.63) is 59.2 Å². The van der Waals surface area contributed by atoms with Crippen molar-refractivity contribution >= 4 is 17.8 Å². The molecule has 2 aromatic carbocycles. The van der Waals surface area contributed by atoms with Gasteiger partial charge in [-0.1, -0.05) is 6.07 Å². The maximum Gasteiger partial charge on any atom is 0.387 e. The van der Waals surface area contributed by atoms with Crippen LogP contribution in [0.2, 0.25) is 0 Å². The minimum Gasteiger partial charge on any atom is -0.493 e. The quantitative estimate of drug-likeness (QED) is 0.316. The molecule has 0 aliphatic rings. The van der Waals surface area contributed by atoms with Gasteiger partial charge in [0.25, 0.3) is 0 Å². The van der Waals surface area contributed by atoms with Crippen molar-refractivity contribution in [3.8, 4) is 17.2 Å². The van der Waals surface area contributed by atoms with Gasteiger partial charge in [-0.3, -0.25) is 4.79 Å². The Morgan fingerprint density at radius 2 is 1.80 bits per heavy atom. The lowest BCUT2D eigenvalue weighted by molar-refractivity contribution is -0.138. The number of alkyl halides is 2. The van der Waals surface area contributed by atoms with E-state index in [9.17, 15) is 18.4 Å². The summed E-state index contributed by atoms with van der Waals surface area (Å²) in [5.74, 6) is -0.218. The van der Waals surface area contributed by atoms with Crippen molar-refractivity contribution in [1.29, 1.82) is 0 Å². The average molecular weight is 420 g/mol. The van der Waals surface area contributed by atoms with E-state index in [1.54, 1.807) is 18.2 Å². The molecule has 6 nitrogen and oxygen atoms in total. The first kappa shape index (κ1) is 22.9. The van der Waals surface area contributed by atoms with Crippen LogP contribution in [-0.4, -0.2) is 32.1 Å². The molecule has 0 amide bonds. The van der Waals surface area contributed by atoms with Gasteiger partial charge in [0.15, 0.2) is 17.3 Å². The van der Waals surface area contributed by atoms with Crippen LogP contribution >= 0.6 is 0 Å². The zero-order chi connectivity index (χ0) is 22.1. The van der Waals surface area contributed by atoms with Crippen LogP contribution in [0, 0.1) is 0 Å². The Morgan fingerprint density at radius 3 is 2.43 bits per heavy atom. The molecule has 0 aliphatic carbocycles. The summed E-state index contributed by atoms with van der Waals surface area (Å²) in [6.07, 6.45) is 2.64. The number of ketones is 1. The zero-order valence-electron chi connectivity index (χ0n) is 16.8. The highest BCUT2D eigenvalue weighted by molar-refractivity contribution is 5.94. The maximum atomic E-state index is 12.4. The maximum absolute atomic E-state index is 12.4. The number of ether oxygens (including phenoxy) is 4. The zero-order valence-corrected chi connectivity index (χ0v) is 16.8. The molecule has 0 aliphatic heterocycles. The van der Waals surface area contributed by atoms with E-state index in [2.05, 4.69) is 4.74 Å². The number of hydrogen-bond donors (Lipinski definition) is 0. The molecular weight excluding hydrogens is 398 g/mol. The monoisotopic (exact) mass is 420 g/mol. The van der Waals surface area contributed by atoms with Gasteiger partial charge in [-0.15, -0.1) is 0 Å². The van der Waals surface area contributed by atoms with Crippen molar-refractivity contribution in [2.24, 2.45) is 0 Å². The van der Waals surface area contributed by atoms with Gasteiger partial charge in [0.05, 0.1) is 13.7 Å². The van der Waals surface area contributed by atoms with Crippen LogP contribution in [0.3, 0.4) is 0 Å². The summed E-state index contributed by atoms with van der Waals surface area (Å²) in [7, 11) is 1.32. The van der Waals surface area contributed by atoms with Crippen LogP contribution in [0.15, 0.2) is 42.5 Å². The summed E-state index contributed by atoms with van der Waals surface area (Å²) < 4.78 is 44.9. The Balaban J connectivity index is 2.06. The predicted molar refractivity (Wildman–Crippen MR) is 106 cm³/mol. The third kappa shape index (κ3) is 6.58. The lowest BCUT2D eigenvalue weighted by Crippen LogP contribution is -2.05. The number of carbonyl (C=O) groups excluding carboxylic acids is 2. The van der Waals surface area contributed by atoms with Crippen LogP contribution in [0.1, 0.15) is 35.3 Å². The van der Waals surface area contributed by atoms with Gasteiger partial charge in [-0.25, -0.2) is 4.79 Å². The largest absolute Gasteiger partial charge is 0.493 e. The summed E-state index contributed by atoms with van der Waals surface area (Å²) in [6, 6.07) is 9.19. The molecule has 0 radical (unpaired) electrons. The van der Waals surface area contributed by atoms with Crippen molar-refractivity contribution in [3.63, 3.8) is 0 Å². The van der Waals surface area contributed by atoms with E-state index in [1.807, 2.05) is 6.92 Å². The number of esters is 1. The summed E-state index contributed by atoms with van der Waals surface area (Å²) in [5.41, 5.74) is 1.58. The lowest BCUT2D eigenvalue weighted by atomic mass is 10.1. The summed E-state index contributed by atoms with van der Waals surface area (Å²) in [4.78, 5) is 23.7. The van der Waals surface area contributed by atoms with E-state index >= 15 is 0 Å². The second-order valence-corrected chi connectivity index (χ2v) is 6.04. The molecule has 0 aromatic heterocycles. The Hall–Kier alpha value is -3.42. The molecule has 0 atom stereocenters. The van der Waals surface area contributed by atoms with Crippen LogP contribution in [-0.2, 0) is 16.1 Å². The van der Waals surface area contributed by atoms with Crippen molar-refractivity contribution in [2.45, 2.75) is 27.1 Å². The number of Topliss-reactive ketones (excluding diaryl/α,β-unsaturated/α-hetero) is 1. The molecule has 2 rings (SSSR count). The number of rotatable bonds is 10. The first-order valence-electron chi connectivity index (χ1n) is 9.08. The highest BCUT2D eigenvalue weighted by Gasteiger charge is 2.12. The van der Waals surface area contributed by atoms with E-state index in [0.717, 1.165) is 0 Å². The van der Waals surface area contributed by atoms with Gasteiger partial charge in [0.1, 0.15) is 12.4 Å². The number of halogens is 2. The summed E-state index contributed by atoms with van der Waals surface area (Å²) >= 11 is 0. The fourth-order valence-corrected chi connectivity index (χ4v) is 2.55. The topological polar surface area (TPSA) is 71.1 Å². The van der Waals surface area contributed by atoms with Crippen molar-refractivity contribution < 1.29 is 37.3 Å². The number of carbonyl (C=O) groups is 2. The standard InChI is InChI=1S/C22H22F2O6/c1-4-28-18-9-7-16(14(2)25)12-17(18)13-29-21(26)10-6-15-5-8-19(30-22(23)24)20(11-15)27-3/h5-12,22H,4,13H2,1-3H3/b10-6+. The number of hydrogen-bond acceptors (Lipinski definition) is 6. The predicted octanol–water partition coefficient (Wildman–Crippen LogP) is 4.65. The molecule has 0 unspecified atom stereocenters. The third-order valence-electron chi connectivity index (χ3n) is 3.95. The van der Waals surface area contributed by atoms with E-state index in [1.165, 1.54) is 44.4 Å². The second kappa shape index (κ2) is 10.9. The SMILES string of the molecule is CCOc1ccc(C(C)=O)cc1COC(=O)/C=C/c1ccc(OC(F)F)c(OC)c1. The van der Waals surface area contributed by atoms with Gasteiger partial charge < -0.3 is 18.9 Å². The van der Waals surface area contributed by atoms with Gasteiger partial charge in [-0.05, 0) is 55.8 Å². The van der Waals surface area contributed by atoms with E-state index < -0.39 is 12.6 Å². The second-order valence-electron chi connectivity index (χ2n) is 6.04. The molecule has 0 heterocycles. The fraction of sp³-hybridized carbons (Fsp3) is 0.273. The smallest absolute Gasteiger partial charge is 0.387 e. The first-order valence-corrected chi connectivity index (χ1v) is 9.08. The molecule has 0 fully saturated rings. The van der Waals surface area contributed by atoms with Crippen LogP contribution in [0.25, 0.3) is 6.08 Å².